The van der Waals surface area contributed by atoms with E-state index in [0.29, 0.717) is 24.3 Å². The van der Waals surface area contributed by atoms with Crippen LogP contribution >= 0.6 is 11.6 Å². The number of nitrogens with one attached hydrogen (secondary N) is 1. The fraction of sp³-hybridized carbons (Fsp3) is 0.417. The summed E-state index contributed by atoms with van der Waals surface area (Å²) in [5, 5.41) is 2.53. The van der Waals surface area contributed by atoms with Crippen molar-refractivity contribution in [3.63, 3.8) is 0 Å². The van der Waals surface area contributed by atoms with Crippen LogP contribution in [0.3, 0.4) is 0 Å². The predicted octanol–water partition coefficient (Wildman–Crippen LogP) is 3.59. The number of benzene rings is 2. The number of methoxy groups -OCH3 is 1. The van der Waals surface area contributed by atoms with Gasteiger partial charge in [0.25, 0.3) is 0 Å². The third-order valence-corrected chi connectivity index (χ3v) is 6.72. The van der Waals surface area contributed by atoms with E-state index in [4.69, 9.17) is 16.3 Å². The Hall–Kier alpha value is -2.85. The number of carbonyl (C=O) groups excluding carboxylic acids is 2. The fourth-order valence-corrected chi connectivity index (χ4v) is 4.52. The quantitative estimate of drug-likeness (QED) is 0.455. The highest BCUT2D eigenvalue weighted by Gasteiger charge is 2.31. The predicted molar refractivity (Wildman–Crippen MR) is 135 cm³/mol. The summed E-state index contributed by atoms with van der Waals surface area (Å²) < 4.78 is 44.9. The van der Waals surface area contributed by atoms with E-state index in [1.165, 1.54) is 18.1 Å². The Balaban J connectivity index is 2.45. The minimum Gasteiger partial charge on any atom is -0.497 e. The smallest absolute Gasteiger partial charge is 0.244 e. The largest absolute Gasteiger partial charge is 0.497 e. The second kappa shape index (κ2) is 12.7. The molecule has 192 valence electrons. The van der Waals surface area contributed by atoms with Crippen LogP contribution in [0.2, 0.25) is 5.02 Å². The number of hydrogen-bond donors (Lipinski definition) is 1. The zero-order chi connectivity index (χ0) is 26.2. The lowest BCUT2D eigenvalue weighted by Crippen LogP contribution is -2.52. The van der Waals surface area contributed by atoms with Crippen LogP contribution in [-0.4, -0.2) is 57.6 Å². The van der Waals surface area contributed by atoms with Crippen molar-refractivity contribution in [2.24, 2.45) is 0 Å². The molecular weight excluding hydrogens is 497 g/mol. The van der Waals surface area contributed by atoms with Crippen LogP contribution in [0.4, 0.5) is 10.1 Å². The summed E-state index contributed by atoms with van der Waals surface area (Å²) in [6.07, 6.45) is 1.97. The SMILES string of the molecule is CCCNC(=O)[C@H](CC)N(Cc1cccc(OC)c1)C(=O)CN(c1ccc(F)c(Cl)c1)S(C)(=O)=O. The number of hydrogen-bond acceptors (Lipinski definition) is 5. The van der Waals surface area contributed by atoms with Crippen LogP contribution in [0.15, 0.2) is 42.5 Å². The number of ether oxygens (including phenoxy) is 1. The Morgan fingerprint density at radius 1 is 1.17 bits per heavy atom. The molecular formula is C24H31ClFN3O5S. The first kappa shape index (κ1) is 28.4. The number of carbonyl (C=O) groups is 2. The average molecular weight is 528 g/mol. The molecule has 0 saturated carbocycles. The second-order valence-electron chi connectivity index (χ2n) is 7.96. The summed E-state index contributed by atoms with van der Waals surface area (Å²) in [7, 11) is -2.42. The normalized spacial score (nSPS) is 12.1. The molecule has 8 nitrogen and oxygen atoms in total. The zero-order valence-electron chi connectivity index (χ0n) is 20.3. The lowest BCUT2D eigenvalue weighted by molar-refractivity contribution is -0.140. The molecule has 35 heavy (non-hydrogen) atoms. The van der Waals surface area contributed by atoms with Crippen LogP contribution in [0.25, 0.3) is 0 Å². The van der Waals surface area contributed by atoms with Gasteiger partial charge in [0.1, 0.15) is 24.2 Å². The van der Waals surface area contributed by atoms with Crippen molar-refractivity contribution in [2.45, 2.75) is 39.3 Å². The molecule has 11 heteroatoms. The van der Waals surface area contributed by atoms with Crippen molar-refractivity contribution in [3.05, 3.63) is 58.9 Å². The van der Waals surface area contributed by atoms with Gasteiger partial charge in [0, 0.05) is 13.1 Å². The van der Waals surface area contributed by atoms with Gasteiger partial charge < -0.3 is 15.0 Å². The summed E-state index contributed by atoms with van der Waals surface area (Å²) in [4.78, 5) is 27.8. The summed E-state index contributed by atoms with van der Waals surface area (Å²) in [5.74, 6) is -1.07. The van der Waals surface area contributed by atoms with Gasteiger partial charge >= 0.3 is 0 Å². The van der Waals surface area contributed by atoms with E-state index in [-0.39, 0.29) is 23.2 Å². The number of rotatable bonds is 12. The molecule has 2 aromatic rings. The van der Waals surface area contributed by atoms with Gasteiger partial charge in [-0.1, -0.05) is 37.6 Å². The third kappa shape index (κ3) is 7.83. The molecule has 0 radical (unpaired) electrons. The van der Waals surface area contributed by atoms with E-state index in [9.17, 15) is 22.4 Å². The van der Waals surface area contributed by atoms with Crippen molar-refractivity contribution in [1.29, 1.82) is 0 Å². The van der Waals surface area contributed by atoms with Gasteiger partial charge in [-0.3, -0.25) is 13.9 Å². The number of anilines is 1. The minimum absolute atomic E-state index is 0.0389. The Morgan fingerprint density at radius 2 is 1.89 bits per heavy atom. The highest BCUT2D eigenvalue weighted by atomic mass is 35.5. The second-order valence-corrected chi connectivity index (χ2v) is 10.3. The molecule has 0 aromatic heterocycles. The van der Waals surface area contributed by atoms with E-state index in [2.05, 4.69) is 5.32 Å². The van der Waals surface area contributed by atoms with Crippen molar-refractivity contribution < 1.29 is 27.1 Å². The van der Waals surface area contributed by atoms with Crippen LogP contribution < -0.4 is 14.4 Å². The third-order valence-electron chi connectivity index (χ3n) is 5.29. The lowest BCUT2D eigenvalue weighted by atomic mass is 10.1. The van der Waals surface area contributed by atoms with E-state index < -0.39 is 34.3 Å². The number of nitrogens with zero attached hydrogens (tertiary/aromatic N) is 2. The highest BCUT2D eigenvalue weighted by Crippen LogP contribution is 2.25. The molecule has 0 aliphatic carbocycles. The molecule has 0 aliphatic rings. The monoisotopic (exact) mass is 527 g/mol. The van der Waals surface area contributed by atoms with Gasteiger partial charge in [-0.05, 0) is 48.7 Å². The van der Waals surface area contributed by atoms with Gasteiger partial charge in [0.15, 0.2) is 0 Å². The molecule has 1 N–H and O–H groups in total. The van der Waals surface area contributed by atoms with E-state index in [1.54, 1.807) is 31.2 Å². The Kier molecular flexibility index (Phi) is 10.3. The number of amides is 2. The highest BCUT2D eigenvalue weighted by molar-refractivity contribution is 7.92. The van der Waals surface area contributed by atoms with Crippen LogP contribution in [0.1, 0.15) is 32.3 Å². The molecule has 0 spiro atoms. The van der Waals surface area contributed by atoms with Crippen molar-refractivity contribution in [2.75, 3.05) is 30.8 Å². The zero-order valence-corrected chi connectivity index (χ0v) is 21.8. The lowest BCUT2D eigenvalue weighted by Gasteiger charge is -2.33. The first-order chi connectivity index (χ1) is 16.5. The summed E-state index contributed by atoms with van der Waals surface area (Å²) in [6, 6.07) is 9.61. The molecule has 0 saturated heterocycles. The first-order valence-electron chi connectivity index (χ1n) is 11.1. The number of sulfonamides is 1. The maximum Gasteiger partial charge on any atom is 0.244 e. The average Bonchev–Trinajstić information content (AvgIpc) is 2.82. The Labute approximate surface area is 211 Å². The minimum atomic E-state index is -3.94. The molecule has 0 aliphatic heterocycles. The summed E-state index contributed by atoms with van der Waals surface area (Å²) in [6.45, 7) is 3.59. The van der Waals surface area contributed by atoms with Crippen molar-refractivity contribution in [1.82, 2.24) is 10.2 Å². The summed E-state index contributed by atoms with van der Waals surface area (Å²) in [5.41, 5.74) is 0.743. The maximum atomic E-state index is 13.7. The Bertz CT molecular complexity index is 1150. The summed E-state index contributed by atoms with van der Waals surface area (Å²) >= 11 is 5.85. The molecule has 2 rings (SSSR count). The molecule has 2 aromatic carbocycles. The maximum absolute atomic E-state index is 13.7. The molecule has 0 bridgehead atoms. The van der Waals surface area contributed by atoms with Gasteiger partial charge in [-0.15, -0.1) is 0 Å². The molecule has 1 atom stereocenters. The van der Waals surface area contributed by atoms with E-state index in [1.807, 2.05) is 6.92 Å². The van der Waals surface area contributed by atoms with Crippen molar-refractivity contribution >= 4 is 39.1 Å². The van der Waals surface area contributed by atoms with E-state index in [0.717, 1.165) is 29.1 Å². The Morgan fingerprint density at radius 3 is 2.46 bits per heavy atom. The molecule has 0 heterocycles. The van der Waals surface area contributed by atoms with Crippen LogP contribution in [0, 0.1) is 5.82 Å². The van der Waals surface area contributed by atoms with Gasteiger partial charge in [0.2, 0.25) is 21.8 Å². The topological polar surface area (TPSA) is 96.0 Å². The molecule has 2 amide bonds. The fourth-order valence-electron chi connectivity index (χ4n) is 3.51. The first-order valence-corrected chi connectivity index (χ1v) is 13.4. The van der Waals surface area contributed by atoms with Gasteiger partial charge in [-0.2, -0.15) is 0 Å². The van der Waals surface area contributed by atoms with Crippen LogP contribution in [-0.2, 0) is 26.2 Å². The standard InChI is InChI=1S/C24H31ClFN3O5S/c1-5-12-27-24(31)22(6-2)28(15-17-8-7-9-19(13-17)34-3)23(30)16-29(35(4,32)33)18-10-11-21(26)20(25)14-18/h7-11,13-14,22H,5-6,12,15-16H2,1-4H3,(H,27,31)/t22-/m0/s1. The van der Waals surface area contributed by atoms with Gasteiger partial charge in [-0.25, -0.2) is 12.8 Å². The van der Waals surface area contributed by atoms with E-state index >= 15 is 0 Å². The molecule has 0 unspecified atom stereocenters. The number of halogens is 2. The molecule has 0 fully saturated rings. The van der Waals surface area contributed by atoms with Crippen LogP contribution in [0.5, 0.6) is 5.75 Å². The van der Waals surface area contributed by atoms with Crippen molar-refractivity contribution in [3.8, 4) is 5.75 Å². The van der Waals surface area contributed by atoms with Gasteiger partial charge in [0.05, 0.1) is 24.1 Å².